The van der Waals surface area contributed by atoms with Crippen LogP contribution in [0.25, 0.3) is 0 Å². The van der Waals surface area contributed by atoms with Gasteiger partial charge < -0.3 is 19.9 Å². The lowest BCUT2D eigenvalue weighted by Crippen LogP contribution is -2.48. The number of nitrogens with zero attached hydrogens (tertiary/aromatic N) is 2. The minimum Gasteiger partial charge on any atom is -0.476 e. The predicted molar refractivity (Wildman–Crippen MR) is 110 cm³/mol. The second kappa shape index (κ2) is 7.58. The molecule has 2 heterocycles. The minimum absolute atomic E-state index is 0.128. The van der Waals surface area contributed by atoms with Crippen LogP contribution in [0.15, 0.2) is 42.5 Å². The third kappa shape index (κ3) is 3.68. The van der Waals surface area contributed by atoms with Crippen LogP contribution in [0.1, 0.15) is 25.3 Å². The fourth-order valence-corrected chi connectivity index (χ4v) is 3.83. The maximum Gasteiger partial charge on any atom is 0.267 e. The lowest BCUT2D eigenvalue weighted by molar-refractivity contribution is -0.123. The molecule has 1 saturated heterocycles. The number of rotatable bonds is 3. The minimum atomic E-state index is -0.811. The summed E-state index contributed by atoms with van der Waals surface area (Å²) in [5.41, 5.74) is 3.08. The largest absolute Gasteiger partial charge is 0.476 e. The molecule has 1 unspecified atom stereocenters. The van der Waals surface area contributed by atoms with Gasteiger partial charge in [-0.25, -0.2) is 0 Å². The molecule has 0 radical (unpaired) electrons. The molecule has 7 nitrogen and oxygen atoms in total. The Morgan fingerprint density at radius 3 is 2.62 bits per heavy atom. The van der Waals surface area contributed by atoms with Gasteiger partial charge in [0, 0.05) is 31.3 Å². The summed E-state index contributed by atoms with van der Waals surface area (Å²) in [5.74, 6) is 0.167. The number of hydrogen-bond donors (Lipinski definition) is 1. The van der Waals surface area contributed by atoms with E-state index in [1.165, 1.54) is 6.92 Å². The summed E-state index contributed by atoms with van der Waals surface area (Å²) >= 11 is 0. The molecular weight excluding hydrogens is 370 g/mol. The Morgan fingerprint density at radius 1 is 1.14 bits per heavy atom. The molecule has 0 aliphatic carbocycles. The van der Waals surface area contributed by atoms with Gasteiger partial charge in [-0.15, -0.1) is 0 Å². The Balaban J connectivity index is 1.50. The second-order valence-electron chi connectivity index (χ2n) is 7.34. The number of aryl methyl sites for hydroxylation is 1. The number of carbonyl (C=O) groups is 3. The number of carbonyl (C=O) groups excluding carboxylic acids is 3. The van der Waals surface area contributed by atoms with Gasteiger partial charge in [-0.1, -0.05) is 12.1 Å². The van der Waals surface area contributed by atoms with Gasteiger partial charge in [-0.3, -0.25) is 14.4 Å². The first-order valence-electron chi connectivity index (χ1n) is 9.69. The van der Waals surface area contributed by atoms with Gasteiger partial charge in [0.15, 0.2) is 6.10 Å². The standard InChI is InChI=1S/C22H23N3O4/c1-14-12-16(9-10-17(14)24-11-5-8-21(24)27)23-22(28)20-13-25(15(2)26)18-6-3-4-7-19(18)29-20/h3-4,6-7,9-10,12,20H,5,8,11,13H2,1-2H3,(H,23,28). The fourth-order valence-electron chi connectivity index (χ4n) is 3.83. The Hall–Kier alpha value is -3.35. The van der Waals surface area contributed by atoms with Crippen molar-refractivity contribution >= 4 is 34.8 Å². The van der Waals surface area contributed by atoms with Crippen LogP contribution < -0.4 is 19.9 Å². The van der Waals surface area contributed by atoms with Crippen molar-refractivity contribution in [1.29, 1.82) is 0 Å². The third-order valence-electron chi connectivity index (χ3n) is 5.27. The highest BCUT2D eigenvalue weighted by molar-refractivity contribution is 6.00. The summed E-state index contributed by atoms with van der Waals surface area (Å²) in [6, 6.07) is 12.7. The predicted octanol–water partition coefficient (Wildman–Crippen LogP) is 2.87. The number of hydrogen-bond acceptors (Lipinski definition) is 4. The molecule has 0 saturated carbocycles. The van der Waals surface area contributed by atoms with Crippen molar-refractivity contribution in [2.45, 2.75) is 32.8 Å². The van der Waals surface area contributed by atoms with E-state index < -0.39 is 6.10 Å². The molecule has 0 spiro atoms. The number of fused-ring (bicyclic) bond motifs is 1. The van der Waals surface area contributed by atoms with E-state index in [-0.39, 0.29) is 24.3 Å². The molecule has 150 valence electrons. The maximum absolute atomic E-state index is 12.8. The average Bonchev–Trinajstić information content (AvgIpc) is 3.12. The number of benzene rings is 2. The first-order chi connectivity index (χ1) is 13.9. The van der Waals surface area contributed by atoms with Crippen LogP contribution in [0.3, 0.4) is 0 Å². The van der Waals surface area contributed by atoms with Gasteiger partial charge in [-0.05, 0) is 49.2 Å². The molecule has 1 N–H and O–H groups in total. The van der Waals surface area contributed by atoms with Crippen molar-refractivity contribution in [3.05, 3.63) is 48.0 Å². The Labute approximate surface area is 169 Å². The van der Waals surface area contributed by atoms with Gasteiger partial charge in [0.1, 0.15) is 5.75 Å². The van der Waals surface area contributed by atoms with Crippen LogP contribution in [0, 0.1) is 6.92 Å². The lowest BCUT2D eigenvalue weighted by Gasteiger charge is -2.33. The molecule has 2 aliphatic heterocycles. The summed E-state index contributed by atoms with van der Waals surface area (Å²) in [5, 5.41) is 2.87. The number of amides is 3. The highest BCUT2D eigenvalue weighted by Gasteiger charge is 2.32. The first kappa shape index (κ1) is 19.0. The van der Waals surface area contributed by atoms with Crippen LogP contribution in [-0.4, -0.2) is 36.9 Å². The van der Waals surface area contributed by atoms with Crippen molar-refractivity contribution in [2.75, 3.05) is 28.2 Å². The van der Waals surface area contributed by atoms with Crippen molar-refractivity contribution < 1.29 is 19.1 Å². The zero-order valence-electron chi connectivity index (χ0n) is 16.5. The van der Waals surface area contributed by atoms with E-state index in [9.17, 15) is 14.4 Å². The van der Waals surface area contributed by atoms with E-state index in [1.807, 2.05) is 25.1 Å². The van der Waals surface area contributed by atoms with Gasteiger partial charge in [0.05, 0.1) is 12.2 Å². The van der Waals surface area contributed by atoms with E-state index in [0.29, 0.717) is 23.5 Å². The molecule has 2 aromatic rings. The van der Waals surface area contributed by atoms with Gasteiger partial charge in [-0.2, -0.15) is 0 Å². The van der Waals surface area contributed by atoms with Gasteiger partial charge in [0.2, 0.25) is 11.8 Å². The smallest absolute Gasteiger partial charge is 0.267 e. The monoisotopic (exact) mass is 393 g/mol. The fraction of sp³-hybridized carbons (Fsp3) is 0.318. The van der Waals surface area contributed by atoms with E-state index in [4.69, 9.17) is 4.74 Å². The van der Waals surface area contributed by atoms with E-state index in [1.54, 1.807) is 34.1 Å². The van der Waals surface area contributed by atoms with E-state index in [2.05, 4.69) is 5.32 Å². The maximum atomic E-state index is 12.8. The van der Waals surface area contributed by atoms with Crippen LogP contribution in [0.2, 0.25) is 0 Å². The molecule has 1 fully saturated rings. The molecular formula is C22H23N3O4. The van der Waals surface area contributed by atoms with Crippen LogP contribution in [0.4, 0.5) is 17.1 Å². The SMILES string of the molecule is CC(=O)N1CC(C(=O)Nc2ccc(N3CCCC3=O)c(C)c2)Oc2ccccc21. The molecule has 2 aromatic carbocycles. The molecule has 29 heavy (non-hydrogen) atoms. The van der Waals surface area contributed by atoms with Crippen molar-refractivity contribution in [1.82, 2.24) is 0 Å². The number of ether oxygens (including phenoxy) is 1. The second-order valence-corrected chi connectivity index (χ2v) is 7.34. The number of nitrogens with one attached hydrogen (secondary N) is 1. The molecule has 2 aliphatic rings. The Bertz CT molecular complexity index is 988. The van der Waals surface area contributed by atoms with Gasteiger partial charge in [0.25, 0.3) is 5.91 Å². The summed E-state index contributed by atoms with van der Waals surface area (Å²) in [4.78, 5) is 40.2. The zero-order valence-corrected chi connectivity index (χ0v) is 16.5. The molecule has 4 rings (SSSR count). The highest BCUT2D eigenvalue weighted by atomic mass is 16.5. The van der Waals surface area contributed by atoms with Crippen molar-refractivity contribution in [3.8, 4) is 5.75 Å². The first-order valence-corrected chi connectivity index (χ1v) is 9.69. The summed E-state index contributed by atoms with van der Waals surface area (Å²) < 4.78 is 5.84. The zero-order chi connectivity index (χ0) is 20.5. The topological polar surface area (TPSA) is 79.0 Å². The highest BCUT2D eigenvalue weighted by Crippen LogP contribution is 2.33. The average molecular weight is 393 g/mol. The molecule has 7 heteroatoms. The summed E-state index contributed by atoms with van der Waals surface area (Å²) in [7, 11) is 0. The van der Waals surface area contributed by atoms with Crippen LogP contribution in [-0.2, 0) is 14.4 Å². The van der Waals surface area contributed by atoms with E-state index in [0.717, 1.165) is 24.2 Å². The van der Waals surface area contributed by atoms with E-state index >= 15 is 0 Å². The van der Waals surface area contributed by atoms with Gasteiger partial charge >= 0.3 is 0 Å². The lowest BCUT2D eigenvalue weighted by atomic mass is 10.1. The molecule has 3 amide bonds. The third-order valence-corrected chi connectivity index (χ3v) is 5.27. The summed E-state index contributed by atoms with van der Waals surface area (Å²) in [6.45, 7) is 4.26. The number of anilines is 3. The van der Waals surface area contributed by atoms with Crippen LogP contribution in [0.5, 0.6) is 5.75 Å². The molecule has 1 atom stereocenters. The van der Waals surface area contributed by atoms with Crippen LogP contribution >= 0.6 is 0 Å². The number of para-hydroxylation sites is 2. The quantitative estimate of drug-likeness (QED) is 0.870. The normalized spacial score (nSPS) is 18.3. The Morgan fingerprint density at radius 2 is 1.93 bits per heavy atom. The van der Waals surface area contributed by atoms with Crippen molar-refractivity contribution in [3.63, 3.8) is 0 Å². The molecule has 0 bridgehead atoms. The van der Waals surface area contributed by atoms with Crippen molar-refractivity contribution in [2.24, 2.45) is 0 Å². The summed E-state index contributed by atoms with van der Waals surface area (Å²) in [6.07, 6.45) is 0.628. The molecule has 0 aromatic heterocycles. The Kier molecular flexibility index (Phi) is 4.96.